The molecule has 0 bridgehead atoms. The Morgan fingerprint density at radius 3 is 3.00 bits per heavy atom. The van der Waals surface area contributed by atoms with Crippen LogP contribution < -0.4 is 0 Å². The number of benzene rings is 1. The van der Waals surface area contributed by atoms with Gasteiger partial charge in [-0.3, -0.25) is 4.90 Å². The summed E-state index contributed by atoms with van der Waals surface area (Å²) in [7, 11) is 1.70. The number of ether oxygens (including phenoxy) is 1. The summed E-state index contributed by atoms with van der Waals surface area (Å²) in [5, 5.41) is 8.95. The van der Waals surface area contributed by atoms with Gasteiger partial charge in [0, 0.05) is 20.2 Å². The Kier molecular flexibility index (Phi) is 5.09. The normalized spacial score (nSPS) is 20.0. The van der Waals surface area contributed by atoms with Gasteiger partial charge in [0.25, 0.3) is 0 Å². The standard InChI is InChI=1S/C15H20FNO3/c1-20-10-11-3-2-4-17(8-11)9-12-5-13(15(18)19)7-14(16)6-12/h5-7,11H,2-4,8-10H2,1H3,(H,18,19). The molecule has 110 valence electrons. The van der Waals surface area contributed by atoms with Crippen LogP contribution in [0.3, 0.4) is 0 Å². The maximum atomic E-state index is 13.4. The van der Waals surface area contributed by atoms with Gasteiger partial charge in [0.15, 0.2) is 0 Å². The van der Waals surface area contributed by atoms with Crippen LogP contribution >= 0.6 is 0 Å². The lowest BCUT2D eigenvalue weighted by atomic mass is 9.98. The van der Waals surface area contributed by atoms with Crippen molar-refractivity contribution in [2.75, 3.05) is 26.8 Å². The summed E-state index contributed by atoms with van der Waals surface area (Å²) >= 11 is 0. The van der Waals surface area contributed by atoms with Crippen LogP contribution in [0.5, 0.6) is 0 Å². The Labute approximate surface area is 118 Å². The molecule has 1 aliphatic heterocycles. The summed E-state index contributed by atoms with van der Waals surface area (Å²) in [6.45, 7) is 3.18. The first-order chi connectivity index (χ1) is 9.58. The maximum absolute atomic E-state index is 13.4. The van der Waals surface area contributed by atoms with Gasteiger partial charge in [-0.1, -0.05) is 0 Å². The van der Waals surface area contributed by atoms with E-state index >= 15 is 0 Å². The maximum Gasteiger partial charge on any atom is 0.335 e. The SMILES string of the molecule is COCC1CCCN(Cc2cc(F)cc(C(=O)O)c2)C1. The Bertz CT molecular complexity index is 476. The number of hydrogen-bond acceptors (Lipinski definition) is 3. The molecule has 5 heteroatoms. The molecule has 1 atom stereocenters. The summed E-state index contributed by atoms with van der Waals surface area (Å²) in [6.07, 6.45) is 2.24. The zero-order valence-electron chi connectivity index (χ0n) is 11.6. The van der Waals surface area contributed by atoms with E-state index in [1.165, 1.54) is 6.07 Å². The third-order valence-electron chi connectivity index (χ3n) is 3.62. The summed E-state index contributed by atoms with van der Waals surface area (Å²) in [4.78, 5) is 13.2. The summed E-state index contributed by atoms with van der Waals surface area (Å²) in [5.41, 5.74) is 0.714. The van der Waals surface area contributed by atoms with Crippen LogP contribution in [0.2, 0.25) is 0 Å². The number of nitrogens with zero attached hydrogens (tertiary/aromatic N) is 1. The number of likely N-dealkylation sites (tertiary alicyclic amines) is 1. The number of carboxylic acids is 1. The first-order valence-electron chi connectivity index (χ1n) is 6.82. The van der Waals surface area contributed by atoms with Crippen molar-refractivity contribution in [2.45, 2.75) is 19.4 Å². The Morgan fingerprint density at radius 2 is 2.30 bits per heavy atom. The second kappa shape index (κ2) is 6.81. The zero-order valence-corrected chi connectivity index (χ0v) is 11.6. The molecule has 0 amide bonds. The van der Waals surface area contributed by atoms with E-state index in [-0.39, 0.29) is 5.56 Å². The van der Waals surface area contributed by atoms with E-state index in [0.29, 0.717) is 18.0 Å². The predicted octanol–water partition coefficient (Wildman–Crippen LogP) is 2.38. The van der Waals surface area contributed by atoms with Crippen molar-refractivity contribution in [2.24, 2.45) is 5.92 Å². The van der Waals surface area contributed by atoms with E-state index in [2.05, 4.69) is 4.90 Å². The van der Waals surface area contributed by atoms with Crippen LogP contribution in [-0.2, 0) is 11.3 Å². The van der Waals surface area contributed by atoms with Gasteiger partial charge in [-0.15, -0.1) is 0 Å². The molecule has 20 heavy (non-hydrogen) atoms. The fraction of sp³-hybridized carbons (Fsp3) is 0.533. The third kappa shape index (κ3) is 4.02. The number of halogens is 1. The van der Waals surface area contributed by atoms with Gasteiger partial charge < -0.3 is 9.84 Å². The first-order valence-corrected chi connectivity index (χ1v) is 6.82. The number of piperidine rings is 1. The minimum Gasteiger partial charge on any atom is -0.478 e. The van der Waals surface area contributed by atoms with Gasteiger partial charge in [-0.25, -0.2) is 9.18 Å². The average molecular weight is 281 g/mol. The van der Waals surface area contributed by atoms with E-state index in [1.807, 2.05) is 0 Å². The van der Waals surface area contributed by atoms with E-state index in [0.717, 1.165) is 38.6 Å². The fourth-order valence-corrected chi connectivity index (χ4v) is 2.79. The lowest BCUT2D eigenvalue weighted by molar-refractivity contribution is 0.0695. The molecule has 1 aromatic carbocycles. The largest absolute Gasteiger partial charge is 0.478 e. The highest BCUT2D eigenvalue weighted by Crippen LogP contribution is 2.19. The molecule has 2 rings (SSSR count). The van der Waals surface area contributed by atoms with Gasteiger partial charge in [-0.05, 0) is 49.1 Å². The quantitative estimate of drug-likeness (QED) is 0.900. The molecule has 0 radical (unpaired) electrons. The van der Waals surface area contributed by atoms with Crippen molar-refractivity contribution in [1.29, 1.82) is 0 Å². The molecule has 1 fully saturated rings. The molecule has 0 aromatic heterocycles. The lowest BCUT2D eigenvalue weighted by Gasteiger charge is -2.32. The highest BCUT2D eigenvalue weighted by molar-refractivity contribution is 5.87. The molecule has 1 N–H and O–H groups in total. The summed E-state index contributed by atoms with van der Waals surface area (Å²) < 4.78 is 18.6. The van der Waals surface area contributed by atoms with Crippen molar-refractivity contribution in [3.8, 4) is 0 Å². The molecule has 4 nitrogen and oxygen atoms in total. The molecule has 1 heterocycles. The third-order valence-corrected chi connectivity index (χ3v) is 3.62. The number of carboxylic acid groups (broad SMARTS) is 1. The van der Waals surface area contributed by atoms with Gasteiger partial charge in [0.2, 0.25) is 0 Å². The van der Waals surface area contributed by atoms with Crippen LogP contribution in [0.25, 0.3) is 0 Å². The van der Waals surface area contributed by atoms with Crippen molar-refractivity contribution >= 4 is 5.97 Å². The van der Waals surface area contributed by atoms with Gasteiger partial charge in [0.05, 0.1) is 12.2 Å². The van der Waals surface area contributed by atoms with Crippen LogP contribution in [0.15, 0.2) is 18.2 Å². The molecular formula is C15H20FNO3. The smallest absolute Gasteiger partial charge is 0.335 e. The van der Waals surface area contributed by atoms with E-state index in [1.54, 1.807) is 13.2 Å². The van der Waals surface area contributed by atoms with Gasteiger partial charge in [-0.2, -0.15) is 0 Å². The Balaban J connectivity index is 2.03. The molecule has 0 saturated carbocycles. The average Bonchev–Trinajstić information content (AvgIpc) is 2.38. The van der Waals surface area contributed by atoms with Crippen LogP contribution in [0.1, 0.15) is 28.8 Å². The van der Waals surface area contributed by atoms with E-state index in [4.69, 9.17) is 9.84 Å². The summed E-state index contributed by atoms with van der Waals surface area (Å²) in [6, 6.07) is 4.01. The van der Waals surface area contributed by atoms with Crippen molar-refractivity contribution in [1.82, 2.24) is 4.90 Å². The number of aromatic carboxylic acids is 1. The first kappa shape index (κ1) is 14.9. The van der Waals surface area contributed by atoms with Crippen molar-refractivity contribution in [3.63, 3.8) is 0 Å². The Hall–Kier alpha value is -1.46. The fourth-order valence-electron chi connectivity index (χ4n) is 2.79. The van der Waals surface area contributed by atoms with Crippen molar-refractivity contribution < 1.29 is 19.0 Å². The monoisotopic (exact) mass is 281 g/mol. The van der Waals surface area contributed by atoms with Gasteiger partial charge in [0.1, 0.15) is 5.82 Å². The van der Waals surface area contributed by atoms with Crippen molar-refractivity contribution in [3.05, 3.63) is 35.1 Å². The van der Waals surface area contributed by atoms with Crippen LogP contribution in [0, 0.1) is 11.7 Å². The second-order valence-electron chi connectivity index (χ2n) is 5.35. The minimum atomic E-state index is -1.10. The van der Waals surface area contributed by atoms with E-state index in [9.17, 15) is 9.18 Å². The van der Waals surface area contributed by atoms with Crippen LogP contribution in [-0.4, -0.2) is 42.8 Å². The zero-order chi connectivity index (χ0) is 14.5. The minimum absolute atomic E-state index is 0.00505. The predicted molar refractivity (Wildman–Crippen MR) is 73.2 cm³/mol. The molecule has 1 unspecified atom stereocenters. The number of carbonyl (C=O) groups is 1. The Morgan fingerprint density at radius 1 is 1.50 bits per heavy atom. The molecule has 1 aromatic rings. The second-order valence-corrected chi connectivity index (χ2v) is 5.35. The lowest BCUT2D eigenvalue weighted by Crippen LogP contribution is -2.36. The summed E-state index contributed by atoms with van der Waals surface area (Å²) in [5.74, 6) is -1.09. The topological polar surface area (TPSA) is 49.8 Å². The molecule has 1 aliphatic rings. The molecule has 0 spiro atoms. The van der Waals surface area contributed by atoms with Gasteiger partial charge >= 0.3 is 5.97 Å². The number of rotatable bonds is 5. The highest BCUT2D eigenvalue weighted by Gasteiger charge is 2.20. The molecule has 0 aliphatic carbocycles. The number of methoxy groups -OCH3 is 1. The molecular weight excluding hydrogens is 261 g/mol. The molecule has 1 saturated heterocycles. The van der Waals surface area contributed by atoms with Crippen LogP contribution in [0.4, 0.5) is 4.39 Å². The van der Waals surface area contributed by atoms with E-state index < -0.39 is 11.8 Å². The highest BCUT2D eigenvalue weighted by atomic mass is 19.1. The number of hydrogen-bond donors (Lipinski definition) is 1.